The first-order valence-electron chi connectivity index (χ1n) is 10.7. The Morgan fingerprint density at radius 1 is 1.29 bits per heavy atom. The number of benzene rings is 1. The SMILES string of the molecule is Cc1cnc(Nc2cccn2C)nc1-c1cc2n(c1)C(=O)N([C@H](CO)c1ccc(Cl)c(F)c1)C2. The standard InChI is InChI=1S/C24H22ClFN6O2/c1-14-10-27-23(28-21-4-3-7-30(21)2)29-22(14)16-8-17-12-32(24(34)31(17)11-16)20(13-33)15-5-6-18(25)19(26)9-15/h3-11,20,33H,12-13H2,1-2H3,(H,27,28,29)/t20-/m1/s1. The van der Waals surface area contributed by atoms with Crippen LogP contribution >= 0.6 is 11.6 Å². The zero-order valence-corrected chi connectivity index (χ0v) is 19.3. The fraction of sp³-hybridized carbons (Fsp3) is 0.208. The molecule has 10 heteroatoms. The molecule has 5 rings (SSSR count). The highest BCUT2D eigenvalue weighted by molar-refractivity contribution is 6.30. The van der Waals surface area contributed by atoms with Crippen LogP contribution in [0.15, 0.2) is 55.0 Å². The molecule has 0 aliphatic carbocycles. The van der Waals surface area contributed by atoms with Crippen molar-refractivity contribution in [3.63, 3.8) is 0 Å². The predicted octanol–water partition coefficient (Wildman–Crippen LogP) is 4.65. The van der Waals surface area contributed by atoms with Crippen LogP contribution in [0.1, 0.15) is 22.9 Å². The van der Waals surface area contributed by atoms with Crippen LogP contribution in [0.4, 0.5) is 21.0 Å². The molecule has 0 spiro atoms. The third kappa shape index (κ3) is 3.82. The van der Waals surface area contributed by atoms with Gasteiger partial charge in [0, 0.05) is 36.9 Å². The summed E-state index contributed by atoms with van der Waals surface area (Å²) in [6, 6.07) is 9.04. The van der Waals surface area contributed by atoms with Crippen molar-refractivity contribution in [1.29, 1.82) is 0 Å². The van der Waals surface area contributed by atoms with E-state index in [1.54, 1.807) is 18.5 Å². The van der Waals surface area contributed by atoms with Gasteiger partial charge in [-0.15, -0.1) is 0 Å². The molecule has 1 aliphatic heterocycles. The minimum absolute atomic E-state index is 0.00898. The van der Waals surface area contributed by atoms with Gasteiger partial charge in [-0.05, 0) is 48.4 Å². The van der Waals surface area contributed by atoms with Gasteiger partial charge < -0.3 is 19.9 Å². The third-order valence-corrected chi connectivity index (χ3v) is 6.30. The van der Waals surface area contributed by atoms with Crippen molar-refractivity contribution in [3.05, 3.63) is 82.6 Å². The molecule has 0 saturated heterocycles. The number of carbonyl (C=O) groups excluding carboxylic acids is 1. The van der Waals surface area contributed by atoms with E-state index in [4.69, 9.17) is 11.6 Å². The van der Waals surface area contributed by atoms with Crippen molar-refractivity contribution in [2.75, 3.05) is 11.9 Å². The molecule has 1 aromatic carbocycles. The van der Waals surface area contributed by atoms with E-state index < -0.39 is 11.9 Å². The lowest BCUT2D eigenvalue weighted by atomic mass is 10.1. The molecule has 1 atom stereocenters. The molecule has 0 fully saturated rings. The predicted molar refractivity (Wildman–Crippen MR) is 126 cm³/mol. The normalized spacial score (nSPS) is 13.9. The molecule has 3 aromatic heterocycles. The minimum Gasteiger partial charge on any atom is -0.394 e. The molecule has 0 bridgehead atoms. The van der Waals surface area contributed by atoms with E-state index in [1.807, 2.05) is 42.9 Å². The highest BCUT2D eigenvalue weighted by Gasteiger charge is 2.34. The molecule has 0 unspecified atom stereocenters. The Labute approximate surface area is 200 Å². The summed E-state index contributed by atoms with van der Waals surface area (Å²) in [5, 5.41) is 13.2. The number of amides is 1. The van der Waals surface area contributed by atoms with Gasteiger partial charge >= 0.3 is 6.03 Å². The number of hydrogen-bond acceptors (Lipinski definition) is 5. The fourth-order valence-electron chi connectivity index (χ4n) is 4.17. The maximum Gasteiger partial charge on any atom is 0.329 e. The first-order chi connectivity index (χ1) is 16.4. The number of halogens is 2. The number of anilines is 2. The van der Waals surface area contributed by atoms with Gasteiger partial charge in [0.05, 0.1) is 29.9 Å². The number of hydrogen-bond donors (Lipinski definition) is 2. The fourth-order valence-corrected chi connectivity index (χ4v) is 4.28. The number of aliphatic hydroxyl groups is 1. The van der Waals surface area contributed by atoms with Crippen LogP contribution in [0.5, 0.6) is 0 Å². The number of fused-ring (bicyclic) bond motifs is 1. The minimum atomic E-state index is -0.690. The second-order valence-corrected chi connectivity index (χ2v) is 8.63. The Balaban J connectivity index is 1.42. The smallest absolute Gasteiger partial charge is 0.329 e. The molecular weight excluding hydrogens is 459 g/mol. The molecule has 4 aromatic rings. The van der Waals surface area contributed by atoms with E-state index in [2.05, 4.69) is 15.3 Å². The summed E-state index contributed by atoms with van der Waals surface area (Å²) in [6.07, 6.45) is 5.39. The van der Waals surface area contributed by atoms with Gasteiger partial charge in [0.15, 0.2) is 0 Å². The Kier molecular flexibility index (Phi) is 5.59. The lowest BCUT2D eigenvalue weighted by Crippen LogP contribution is -2.33. The number of nitrogens with zero attached hydrogens (tertiary/aromatic N) is 5. The Morgan fingerprint density at radius 3 is 2.79 bits per heavy atom. The zero-order chi connectivity index (χ0) is 24.0. The van der Waals surface area contributed by atoms with Crippen LogP contribution in [-0.4, -0.2) is 41.7 Å². The van der Waals surface area contributed by atoms with Gasteiger partial charge in [0.25, 0.3) is 0 Å². The average Bonchev–Trinajstić information content (AvgIpc) is 3.50. The topological polar surface area (TPSA) is 88.2 Å². The zero-order valence-electron chi connectivity index (χ0n) is 18.5. The molecule has 34 heavy (non-hydrogen) atoms. The first kappa shape index (κ1) is 22.1. The van der Waals surface area contributed by atoms with Crippen molar-refractivity contribution < 1.29 is 14.3 Å². The van der Waals surface area contributed by atoms with Gasteiger partial charge in [-0.3, -0.25) is 4.57 Å². The van der Waals surface area contributed by atoms with Crippen LogP contribution in [0.2, 0.25) is 5.02 Å². The first-order valence-corrected chi connectivity index (χ1v) is 11.0. The molecular formula is C24H22ClFN6O2. The highest BCUT2D eigenvalue weighted by Crippen LogP contribution is 2.33. The highest BCUT2D eigenvalue weighted by atomic mass is 35.5. The molecule has 4 heterocycles. The second-order valence-electron chi connectivity index (χ2n) is 8.23. The summed E-state index contributed by atoms with van der Waals surface area (Å²) >= 11 is 5.78. The number of aryl methyl sites for hydroxylation is 2. The van der Waals surface area contributed by atoms with E-state index in [-0.39, 0.29) is 24.2 Å². The van der Waals surface area contributed by atoms with E-state index in [1.165, 1.54) is 21.6 Å². The molecule has 1 amide bonds. The monoisotopic (exact) mass is 480 g/mol. The quantitative estimate of drug-likeness (QED) is 0.419. The number of aromatic nitrogens is 4. The molecule has 1 aliphatic rings. The van der Waals surface area contributed by atoms with Crippen molar-refractivity contribution in [2.24, 2.45) is 7.05 Å². The number of rotatable bonds is 6. The van der Waals surface area contributed by atoms with Crippen molar-refractivity contribution in [1.82, 2.24) is 24.0 Å². The molecule has 2 N–H and O–H groups in total. The maximum absolute atomic E-state index is 14.0. The number of nitrogens with one attached hydrogen (secondary N) is 1. The summed E-state index contributed by atoms with van der Waals surface area (Å²) in [4.78, 5) is 23.7. The summed E-state index contributed by atoms with van der Waals surface area (Å²) in [5.41, 5.74) is 3.60. The van der Waals surface area contributed by atoms with Crippen molar-refractivity contribution >= 4 is 29.4 Å². The van der Waals surface area contributed by atoms with Gasteiger partial charge in [-0.25, -0.2) is 19.2 Å². The van der Waals surface area contributed by atoms with E-state index in [0.29, 0.717) is 17.2 Å². The van der Waals surface area contributed by atoms with E-state index in [0.717, 1.165) is 22.6 Å². The third-order valence-electron chi connectivity index (χ3n) is 5.99. The molecule has 0 saturated carbocycles. The average molecular weight is 481 g/mol. The number of carbonyl (C=O) groups is 1. The Bertz CT molecular complexity index is 1400. The lowest BCUT2D eigenvalue weighted by Gasteiger charge is -2.26. The summed E-state index contributed by atoms with van der Waals surface area (Å²) in [6.45, 7) is 1.84. The van der Waals surface area contributed by atoms with Gasteiger partial charge in [0.1, 0.15) is 11.6 Å². The van der Waals surface area contributed by atoms with E-state index in [9.17, 15) is 14.3 Å². The van der Waals surface area contributed by atoms with Gasteiger partial charge in [-0.2, -0.15) is 0 Å². The molecule has 0 radical (unpaired) electrons. The summed E-state index contributed by atoms with van der Waals surface area (Å²) in [5.74, 6) is 0.714. The molecule has 8 nitrogen and oxygen atoms in total. The van der Waals surface area contributed by atoms with Crippen LogP contribution in [0.25, 0.3) is 11.3 Å². The van der Waals surface area contributed by atoms with Crippen molar-refractivity contribution in [2.45, 2.75) is 19.5 Å². The Morgan fingerprint density at radius 2 is 2.12 bits per heavy atom. The Hall–Kier alpha value is -3.69. The van der Waals surface area contributed by atoms with E-state index >= 15 is 0 Å². The summed E-state index contributed by atoms with van der Waals surface area (Å²) < 4.78 is 17.4. The second kappa shape index (κ2) is 8.58. The van der Waals surface area contributed by atoms with Crippen LogP contribution in [0.3, 0.4) is 0 Å². The van der Waals surface area contributed by atoms with Crippen LogP contribution in [0, 0.1) is 12.7 Å². The summed E-state index contributed by atoms with van der Waals surface area (Å²) in [7, 11) is 1.92. The van der Waals surface area contributed by atoms with Gasteiger partial charge in [-0.1, -0.05) is 17.7 Å². The number of aliphatic hydroxyl groups excluding tert-OH is 1. The van der Waals surface area contributed by atoms with Crippen LogP contribution in [-0.2, 0) is 13.6 Å². The van der Waals surface area contributed by atoms with Crippen LogP contribution < -0.4 is 5.32 Å². The largest absolute Gasteiger partial charge is 0.394 e. The maximum atomic E-state index is 14.0. The molecule has 174 valence electrons. The lowest BCUT2D eigenvalue weighted by molar-refractivity contribution is 0.141. The van der Waals surface area contributed by atoms with Gasteiger partial charge in [0.2, 0.25) is 5.95 Å². The van der Waals surface area contributed by atoms with Crippen molar-refractivity contribution in [3.8, 4) is 11.3 Å².